The van der Waals surface area contributed by atoms with Crippen LogP contribution in [-0.2, 0) is 4.79 Å². The van der Waals surface area contributed by atoms with E-state index in [1.54, 1.807) is 0 Å². The molecule has 0 aromatic heterocycles. The quantitative estimate of drug-likeness (QED) is 0.658. The fourth-order valence-electron chi connectivity index (χ4n) is 2.73. The average molecular weight is 269 g/mol. The van der Waals surface area contributed by atoms with E-state index in [4.69, 9.17) is 0 Å². The van der Waals surface area contributed by atoms with Gasteiger partial charge in [-0.2, -0.15) is 0 Å². The summed E-state index contributed by atoms with van der Waals surface area (Å²) in [5.41, 5.74) is 0. The first-order valence-electron chi connectivity index (χ1n) is 7.89. The molecule has 0 aromatic carbocycles. The highest BCUT2D eigenvalue weighted by molar-refractivity contribution is 5.76. The van der Waals surface area contributed by atoms with Crippen molar-refractivity contribution in [2.45, 2.75) is 52.5 Å². The predicted molar refractivity (Wildman–Crippen MR) is 80.2 cm³/mol. The zero-order valence-corrected chi connectivity index (χ0v) is 12.9. The average Bonchev–Trinajstić information content (AvgIpc) is 2.42. The Bertz CT molecular complexity index is 254. The number of nitrogens with zero attached hydrogens (tertiary/aromatic N) is 1. The van der Waals surface area contributed by atoms with Crippen molar-refractivity contribution in [2.24, 2.45) is 5.92 Å². The fourth-order valence-corrected chi connectivity index (χ4v) is 2.73. The van der Waals surface area contributed by atoms with Gasteiger partial charge in [0.25, 0.3) is 0 Å². The maximum Gasteiger partial charge on any atom is 0.221 e. The zero-order valence-electron chi connectivity index (χ0n) is 12.9. The Morgan fingerprint density at radius 3 is 2.74 bits per heavy atom. The Morgan fingerprint density at radius 1 is 1.37 bits per heavy atom. The smallest absolute Gasteiger partial charge is 0.221 e. The number of carbonyl (C=O) groups excluding carboxylic acids is 1. The van der Waals surface area contributed by atoms with Crippen LogP contribution in [0.25, 0.3) is 0 Å². The normalized spacial score (nSPS) is 23.6. The molecule has 1 rings (SSSR count). The third kappa shape index (κ3) is 6.39. The molecule has 4 heteroatoms. The summed E-state index contributed by atoms with van der Waals surface area (Å²) < 4.78 is 0. The van der Waals surface area contributed by atoms with Crippen molar-refractivity contribution in [2.75, 3.05) is 32.7 Å². The number of hydrogen-bond donors (Lipinski definition) is 2. The topological polar surface area (TPSA) is 44.4 Å². The first-order valence-corrected chi connectivity index (χ1v) is 7.89. The maximum absolute atomic E-state index is 11.9. The number of carbonyl (C=O) groups is 1. The van der Waals surface area contributed by atoms with Crippen molar-refractivity contribution in [3.63, 3.8) is 0 Å². The van der Waals surface area contributed by atoms with Crippen LogP contribution in [0.4, 0.5) is 0 Å². The minimum absolute atomic E-state index is 0.200. The molecule has 19 heavy (non-hydrogen) atoms. The van der Waals surface area contributed by atoms with Crippen molar-refractivity contribution in [3.8, 4) is 0 Å². The van der Waals surface area contributed by atoms with Crippen LogP contribution in [-0.4, -0.2) is 49.6 Å². The van der Waals surface area contributed by atoms with Crippen LogP contribution in [0.2, 0.25) is 0 Å². The van der Waals surface area contributed by atoms with Gasteiger partial charge < -0.3 is 15.5 Å². The molecule has 1 saturated heterocycles. The lowest BCUT2D eigenvalue weighted by atomic mass is 9.90. The number of piperidine rings is 1. The highest BCUT2D eigenvalue weighted by Crippen LogP contribution is 2.17. The molecule has 0 bridgehead atoms. The van der Waals surface area contributed by atoms with Gasteiger partial charge in [0.2, 0.25) is 5.91 Å². The van der Waals surface area contributed by atoms with Crippen molar-refractivity contribution in [1.82, 2.24) is 15.5 Å². The Hall–Kier alpha value is -0.610. The summed E-state index contributed by atoms with van der Waals surface area (Å²) in [6.45, 7) is 11.7. The van der Waals surface area contributed by atoms with E-state index in [1.165, 1.54) is 12.8 Å². The lowest BCUT2D eigenvalue weighted by molar-refractivity contribution is -0.122. The van der Waals surface area contributed by atoms with Gasteiger partial charge in [-0.3, -0.25) is 4.79 Å². The monoisotopic (exact) mass is 269 g/mol. The lowest BCUT2D eigenvalue weighted by Crippen LogP contribution is -2.43. The van der Waals surface area contributed by atoms with E-state index in [2.05, 4.69) is 36.3 Å². The van der Waals surface area contributed by atoms with E-state index < -0.39 is 0 Å². The van der Waals surface area contributed by atoms with Crippen molar-refractivity contribution >= 4 is 5.91 Å². The van der Waals surface area contributed by atoms with Crippen molar-refractivity contribution in [1.29, 1.82) is 0 Å². The Labute approximate surface area is 118 Å². The SMILES string of the molecule is CCN(CC)CCCNC(=O)CC1NCCCC1C. The predicted octanol–water partition coefficient (Wildman–Crippen LogP) is 1.61. The van der Waals surface area contributed by atoms with Crippen LogP contribution < -0.4 is 10.6 Å². The summed E-state index contributed by atoms with van der Waals surface area (Å²) in [7, 11) is 0. The molecule has 0 radical (unpaired) electrons. The van der Waals surface area contributed by atoms with E-state index in [0.29, 0.717) is 18.4 Å². The van der Waals surface area contributed by atoms with Gasteiger partial charge in [-0.1, -0.05) is 20.8 Å². The van der Waals surface area contributed by atoms with Crippen LogP contribution in [0, 0.1) is 5.92 Å². The van der Waals surface area contributed by atoms with Crippen LogP contribution in [0.1, 0.15) is 46.5 Å². The summed E-state index contributed by atoms with van der Waals surface area (Å²) in [6.07, 6.45) is 4.16. The van der Waals surface area contributed by atoms with E-state index in [9.17, 15) is 4.79 Å². The van der Waals surface area contributed by atoms with E-state index >= 15 is 0 Å². The third-order valence-electron chi connectivity index (χ3n) is 4.20. The first kappa shape index (κ1) is 16.4. The fraction of sp³-hybridized carbons (Fsp3) is 0.933. The Kier molecular flexibility index (Phi) is 8.07. The van der Waals surface area contributed by atoms with E-state index in [-0.39, 0.29) is 5.91 Å². The van der Waals surface area contributed by atoms with E-state index in [0.717, 1.165) is 39.1 Å². The first-order chi connectivity index (χ1) is 9.17. The van der Waals surface area contributed by atoms with Crippen LogP contribution in [0.5, 0.6) is 0 Å². The van der Waals surface area contributed by atoms with Gasteiger partial charge in [-0.05, 0) is 51.4 Å². The highest BCUT2D eigenvalue weighted by Gasteiger charge is 2.22. The van der Waals surface area contributed by atoms with Gasteiger partial charge in [-0.15, -0.1) is 0 Å². The number of rotatable bonds is 8. The molecule has 1 amide bonds. The third-order valence-corrected chi connectivity index (χ3v) is 4.20. The summed E-state index contributed by atoms with van der Waals surface area (Å²) >= 11 is 0. The molecule has 1 fully saturated rings. The van der Waals surface area contributed by atoms with Gasteiger partial charge in [0.1, 0.15) is 0 Å². The summed E-state index contributed by atoms with van der Waals surface area (Å²) in [6, 6.07) is 0.372. The molecule has 0 saturated carbocycles. The van der Waals surface area contributed by atoms with Gasteiger partial charge >= 0.3 is 0 Å². The van der Waals surface area contributed by atoms with Gasteiger partial charge in [0.05, 0.1) is 0 Å². The van der Waals surface area contributed by atoms with Gasteiger partial charge in [-0.25, -0.2) is 0 Å². The molecule has 0 aromatic rings. The minimum Gasteiger partial charge on any atom is -0.356 e. The number of hydrogen-bond acceptors (Lipinski definition) is 3. The second-order valence-electron chi connectivity index (χ2n) is 5.61. The lowest BCUT2D eigenvalue weighted by Gasteiger charge is -2.29. The highest BCUT2D eigenvalue weighted by atomic mass is 16.1. The van der Waals surface area contributed by atoms with Crippen LogP contribution in [0.3, 0.4) is 0 Å². The van der Waals surface area contributed by atoms with Crippen LogP contribution in [0.15, 0.2) is 0 Å². The molecular weight excluding hydrogens is 238 g/mol. The largest absolute Gasteiger partial charge is 0.356 e. The van der Waals surface area contributed by atoms with E-state index in [1.807, 2.05) is 0 Å². The molecule has 0 spiro atoms. The summed E-state index contributed by atoms with van der Waals surface area (Å²) in [4.78, 5) is 14.3. The molecule has 112 valence electrons. The summed E-state index contributed by atoms with van der Waals surface area (Å²) in [5, 5.41) is 6.51. The van der Waals surface area contributed by atoms with Gasteiger partial charge in [0, 0.05) is 19.0 Å². The standard InChI is InChI=1S/C15H31N3O/c1-4-18(5-2)11-7-10-17-15(19)12-14-13(3)8-6-9-16-14/h13-14,16H,4-12H2,1-3H3,(H,17,19). The van der Waals surface area contributed by atoms with Crippen molar-refractivity contribution < 1.29 is 4.79 Å². The zero-order chi connectivity index (χ0) is 14.1. The second-order valence-corrected chi connectivity index (χ2v) is 5.61. The summed E-state index contributed by atoms with van der Waals surface area (Å²) in [5.74, 6) is 0.820. The maximum atomic E-state index is 11.9. The van der Waals surface area contributed by atoms with Gasteiger partial charge in [0.15, 0.2) is 0 Å². The number of nitrogens with one attached hydrogen (secondary N) is 2. The second kappa shape index (κ2) is 9.32. The van der Waals surface area contributed by atoms with Crippen molar-refractivity contribution in [3.05, 3.63) is 0 Å². The molecule has 0 aliphatic carbocycles. The Morgan fingerprint density at radius 2 is 2.11 bits per heavy atom. The molecule has 1 aliphatic heterocycles. The molecule has 1 heterocycles. The molecule has 4 nitrogen and oxygen atoms in total. The molecule has 1 aliphatic rings. The molecule has 2 N–H and O–H groups in total. The molecule has 2 atom stereocenters. The molecular formula is C15H31N3O. The number of amides is 1. The van der Waals surface area contributed by atoms with Crippen LogP contribution >= 0.6 is 0 Å². The minimum atomic E-state index is 0.200. The molecule has 2 unspecified atom stereocenters. The Balaban J connectivity index is 2.10.